The zero-order chi connectivity index (χ0) is 21.7. The Morgan fingerprint density at radius 3 is 2.77 bits per heavy atom. The highest BCUT2D eigenvalue weighted by molar-refractivity contribution is 9.10. The van der Waals surface area contributed by atoms with Gasteiger partial charge in [0.2, 0.25) is 11.8 Å². The van der Waals surface area contributed by atoms with Gasteiger partial charge in [-0.15, -0.1) is 0 Å². The Labute approximate surface area is 186 Å². The van der Waals surface area contributed by atoms with E-state index in [-0.39, 0.29) is 35.5 Å². The largest absolute Gasteiger partial charge is 0.504 e. The van der Waals surface area contributed by atoms with Gasteiger partial charge in [0.05, 0.1) is 29.5 Å². The number of phenolic OH excluding ortho intramolecular Hbond substituents is 1. The summed E-state index contributed by atoms with van der Waals surface area (Å²) >= 11 is 4.44. The summed E-state index contributed by atoms with van der Waals surface area (Å²) in [7, 11) is 1.43. The van der Waals surface area contributed by atoms with Crippen molar-refractivity contribution in [3.63, 3.8) is 0 Å². The fourth-order valence-electron chi connectivity index (χ4n) is 3.00. The van der Waals surface area contributed by atoms with Crippen LogP contribution in [0.1, 0.15) is 17.9 Å². The van der Waals surface area contributed by atoms with E-state index in [4.69, 9.17) is 4.74 Å². The molecule has 1 heterocycles. The number of rotatable bonds is 6. The number of anilines is 1. The van der Waals surface area contributed by atoms with E-state index in [0.717, 1.165) is 16.2 Å². The second-order valence-electron chi connectivity index (χ2n) is 6.43. The topological polar surface area (TPSA) is 111 Å². The number of nitrogens with zero attached hydrogens (tertiary/aromatic N) is 1. The Bertz CT molecular complexity index is 1050. The summed E-state index contributed by atoms with van der Waals surface area (Å²) in [5, 5.41) is 25.4. The number of hydrogen-bond acceptors (Lipinski definition) is 6. The summed E-state index contributed by atoms with van der Waals surface area (Å²) in [6.45, 7) is 0. The third kappa shape index (κ3) is 5.14. The Morgan fingerprint density at radius 2 is 2.10 bits per heavy atom. The molecule has 0 aromatic heterocycles. The third-order valence-electron chi connectivity index (χ3n) is 4.44. The predicted octanol–water partition coefficient (Wildman–Crippen LogP) is 3.87. The van der Waals surface area contributed by atoms with Crippen LogP contribution in [0, 0.1) is 11.3 Å². The summed E-state index contributed by atoms with van der Waals surface area (Å²) in [6.07, 6.45) is 0.0893. The lowest BCUT2D eigenvalue weighted by Gasteiger charge is -2.25. The number of amides is 2. The molecule has 0 radical (unpaired) electrons. The molecule has 2 aromatic carbocycles. The first-order chi connectivity index (χ1) is 14.4. The van der Waals surface area contributed by atoms with Crippen molar-refractivity contribution in [1.29, 1.82) is 5.26 Å². The van der Waals surface area contributed by atoms with E-state index in [0.29, 0.717) is 21.9 Å². The fourth-order valence-corrected chi connectivity index (χ4v) is 4.14. The number of thioether (sulfide) groups is 1. The van der Waals surface area contributed by atoms with E-state index < -0.39 is 5.92 Å². The highest BCUT2D eigenvalue weighted by Crippen LogP contribution is 2.38. The molecule has 0 fully saturated rings. The normalized spacial score (nSPS) is 15.9. The predicted molar refractivity (Wildman–Crippen MR) is 118 cm³/mol. The van der Waals surface area contributed by atoms with E-state index in [1.165, 1.54) is 13.2 Å². The average molecular weight is 488 g/mol. The maximum Gasteiger partial charge on any atom is 0.234 e. The van der Waals surface area contributed by atoms with E-state index in [1.54, 1.807) is 24.3 Å². The summed E-state index contributed by atoms with van der Waals surface area (Å²) in [6, 6.07) is 14.1. The molecular formula is C21H18BrN3O4S. The molecule has 7 nitrogen and oxygen atoms in total. The van der Waals surface area contributed by atoms with Crippen LogP contribution in [0.15, 0.2) is 57.5 Å². The molecule has 30 heavy (non-hydrogen) atoms. The molecule has 0 spiro atoms. The first kappa shape index (κ1) is 21.7. The molecule has 0 saturated heterocycles. The summed E-state index contributed by atoms with van der Waals surface area (Å²) in [4.78, 5) is 24.5. The molecule has 1 aliphatic rings. The van der Waals surface area contributed by atoms with Crippen LogP contribution in [0.4, 0.5) is 5.69 Å². The second-order valence-corrected chi connectivity index (χ2v) is 8.34. The third-order valence-corrected chi connectivity index (χ3v) is 5.98. The number of hydrogen-bond donors (Lipinski definition) is 3. The van der Waals surface area contributed by atoms with E-state index in [9.17, 15) is 20.0 Å². The van der Waals surface area contributed by atoms with Gasteiger partial charge < -0.3 is 20.5 Å². The SMILES string of the molecule is COc1cc([C@H]2CC(=O)NC(SCC(=O)Nc3ccc(Br)cc3)=C2C#N)ccc1O. The van der Waals surface area contributed by atoms with Gasteiger partial charge in [-0.25, -0.2) is 0 Å². The fraction of sp³-hybridized carbons (Fsp3) is 0.190. The van der Waals surface area contributed by atoms with Crippen LogP contribution >= 0.6 is 27.7 Å². The molecule has 1 atom stereocenters. The molecule has 0 saturated carbocycles. The number of allylic oxidation sites excluding steroid dienone is 1. The van der Waals surface area contributed by atoms with Crippen LogP contribution in [-0.4, -0.2) is 29.8 Å². The second kappa shape index (κ2) is 9.69. The molecule has 154 valence electrons. The van der Waals surface area contributed by atoms with Gasteiger partial charge in [-0.3, -0.25) is 9.59 Å². The quantitative estimate of drug-likeness (QED) is 0.569. The first-order valence-electron chi connectivity index (χ1n) is 8.90. The van der Waals surface area contributed by atoms with Crippen molar-refractivity contribution in [3.8, 4) is 17.6 Å². The minimum atomic E-state index is -0.490. The van der Waals surface area contributed by atoms with Crippen molar-refractivity contribution >= 4 is 45.2 Å². The van der Waals surface area contributed by atoms with Crippen LogP contribution in [0.25, 0.3) is 0 Å². The van der Waals surface area contributed by atoms with Gasteiger partial charge in [0.25, 0.3) is 0 Å². The molecule has 9 heteroatoms. The molecule has 3 rings (SSSR count). The molecule has 0 unspecified atom stereocenters. The van der Waals surface area contributed by atoms with Gasteiger partial charge in [-0.1, -0.05) is 33.8 Å². The van der Waals surface area contributed by atoms with Crippen molar-refractivity contribution in [2.45, 2.75) is 12.3 Å². The van der Waals surface area contributed by atoms with Gasteiger partial charge >= 0.3 is 0 Å². The first-order valence-corrected chi connectivity index (χ1v) is 10.7. The monoisotopic (exact) mass is 487 g/mol. The number of phenols is 1. The van der Waals surface area contributed by atoms with Crippen LogP contribution in [0.3, 0.4) is 0 Å². The van der Waals surface area contributed by atoms with E-state index in [2.05, 4.69) is 32.6 Å². The number of carbonyl (C=O) groups excluding carboxylic acids is 2. The number of methoxy groups -OCH3 is 1. The minimum absolute atomic E-state index is 0.0248. The average Bonchev–Trinajstić information content (AvgIpc) is 2.74. The minimum Gasteiger partial charge on any atom is -0.504 e. The van der Waals surface area contributed by atoms with Crippen molar-refractivity contribution in [2.75, 3.05) is 18.2 Å². The van der Waals surface area contributed by atoms with Crippen LogP contribution in [0.5, 0.6) is 11.5 Å². The van der Waals surface area contributed by atoms with Crippen molar-refractivity contribution in [2.24, 2.45) is 0 Å². The van der Waals surface area contributed by atoms with Crippen LogP contribution in [-0.2, 0) is 9.59 Å². The van der Waals surface area contributed by atoms with Gasteiger partial charge in [-0.2, -0.15) is 5.26 Å². The maximum absolute atomic E-state index is 12.3. The molecule has 1 aliphatic heterocycles. The van der Waals surface area contributed by atoms with E-state index >= 15 is 0 Å². The molecule has 2 amide bonds. The van der Waals surface area contributed by atoms with Gasteiger partial charge in [0.15, 0.2) is 11.5 Å². The number of nitriles is 1. The Hall–Kier alpha value is -2.96. The highest BCUT2D eigenvalue weighted by atomic mass is 79.9. The Morgan fingerprint density at radius 1 is 1.37 bits per heavy atom. The summed E-state index contributed by atoms with van der Waals surface area (Å²) < 4.78 is 6.03. The Balaban J connectivity index is 1.78. The van der Waals surface area contributed by atoms with Gasteiger partial charge in [-0.05, 0) is 42.0 Å². The highest BCUT2D eigenvalue weighted by Gasteiger charge is 2.30. The number of benzene rings is 2. The number of aromatic hydroxyl groups is 1. The molecular weight excluding hydrogens is 470 g/mol. The number of halogens is 1. The van der Waals surface area contributed by atoms with Crippen molar-refractivity contribution in [3.05, 3.63) is 63.1 Å². The van der Waals surface area contributed by atoms with Crippen LogP contribution in [0.2, 0.25) is 0 Å². The lowest BCUT2D eigenvalue weighted by molar-refractivity contribution is -0.121. The number of carbonyl (C=O) groups is 2. The van der Waals surface area contributed by atoms with Crippen molar-refractivity contribution in [1.82, 2.24) is 5.32 Å². The van der Waals surface area contributed by atoms with Gasteiger partial charge in [0.1, 0.15) is 0 Å². The summed E-state index contributed by atoms with van der Waals surface area (Å²) in [5.74, 6) is -0.725. The zero-order valence-electron chi connectivity index (χ0n) is 15.9. The molecule has 2 aromatic rings. The molecule has 3 N–H and O–H groups in total. The van der Waals surface area contributed by atoms with E-state index in [1.807, 2.05) is 12.1 Å². The standard InChI is InChI=1S/C21H18BrN3O4S/c1-29-18-8-12(2-7-17(18)26)15-9-19(27)25-21(16(15)10-23)30-11-20(28)24-14-5-3-13(22)4-6-14/h2-8,15,26H,9,11H2,1H3,(H,24,28)(H,25,27)/t15-/m1/s1. The summed E-state index contributed by atoms with van der Waals surface area (Å²) in [5.41, 5.74) is 1.69. The lowest BCUT2D eigenvalue weighted by Crippen LogP contribution is -2.31. The number of nitrogens with one attached hydrogen (secondary N) is 2. The number of ether oxygens (including phenoxy) is 1. The smallest absolute Gasteiger partial charge is 0.234 e. The van der Waals surface area contributed by atoms with Crippen LogP contribution < -0.4 is 15.4 Å². The van der Waals surface area contributed by atoms with Crippen molar-refractivity contribution < 1.29 is 19.4 Å². The zero-order valence-corrected chi connectivity index (χ0v) is 18.3. The molecule has 0 bridgehead atoms. The maximum atomic E-state index is 12.3. The van der Waals surface area contributed by atoms with Gasteiger partial charge in [0, 0.05) is 22.5 Å². The molecule has 0 aliphatic carbocycles. The lowest BCUT2D eigenvalue weighted by atomic mass is 9.87. The Kier molecular flexibility index (Phi) is 7.03.